The van der Waals surface area contributed by atoms with Gasteiger partial charge in [0.1, 0.15) is 0 Å². The number of hydrogen-bond acceptors (Lipinski definition) is 4. The summed E-state index contributed by atoms with van der Waals surface area (Å²) >= 11 is 5.80. The van der Waals surface area contributed by atoms with Crippen molar-refractivity contribution in [2.45, 2.75) is 0 Å². The Morgan fingerprint density at radius 3 is 2.45 bits per heavy atom. The van der Waals surface area contributed by atoms with Crippen LogP contribution in [0.4, 0.5) is 0 Å². The Balaban J connectivity index is 1.76. The number of nitrogens with zero attached hydrogens (tertiary/aromatic N) is 2. The number of rotatable bonds is 3. The van der Waals surface area contributed by atoms with Gasteiger partial charge in [0, 0.05) is 24.7 Å². The lowest BCUT2D eigenvalue weighted by molar-refractivity contribution is 0.0734. The Labute approximate surface area is 132 Å². The van der Waals surface area contributed by atoms with Crippen LogP contribution in [0, 0.1) is 0 Å². The number of halogens is 1. The van der Waals surface area contributed by atoms with E-state index in [4.69, 9.17) is 16.3 Å². The molecule has 0 fully saturated rings. The van der Waals surface area contributed by atoms with E-state index in [2.05, 4.69) is 9.97 Å². The van der Waals surface area contributed by atoms with Crippen molar-refractivity contribution in [2.24, 2.45) is 0 Å². The fourth-order valence-electron chi connectivity index (χ4n) is 1.95. The lowest BCUT2D eigenvalue weighted by Gasteiger charge is -2.05. The Hall–Kier alpha value is -2.72. The third-order valence-electron chi connectivity index (χ3n) is 3.01. The van der Waals surface area contributed by atoms with E-state index < -0.39 is 5.97 Å². The summed E-state index contributed by atoms with van der Waals surface area (Å²) in [5.41, 5.74) is 2.42. The van der Waals surface area contributed by atoms with Crippen molar-refractivity contribution in [1.82, 2.24) is 9.97 Å². The topological polar surface area (TPSA) is 52.1 Å². The highest BCUT2D eigenvalue weighted by Gasteiger charge is 2.09. The van der Waals surface area contributed by atoms with Crippen molar-refractivity contribution in [2.75, 3.05) is 0 Å². The Morgan fingerprint density at radius 1 is 0.955 bits per heavy atom. The second kappa shape index (κ2) is 6.37. The van der Waals surface area contributed by atoms with E-state index in [0.717, 1.165) is 11.1 Å². The second-order valence-electron chi connectivity index (χ2n) is 4.55. The molecule has 0 aliphatic heterocycles. The monoisotopic (exact) mass is 310 g/mol. The lowest BCUT2D eigenvalue weighted by Crippen LogP contribution is -2.08. The average molecular weight is 311 g/mol. The van der Waals surface area contributed by atoms with Gasteiger partial charge >= 0.3 is 5.97 Å². The molecule has 0 N–H and O–H groups in total. The summed E-state index contributed by atoms with van der Waals surface area (Å²) in [5, 5.41) is 0.414. The Bertz CT molecular complexity index is 789. The van der Waals surface area contributed by atoms with Crippen molar-refractivity contribution in [3.63, 3.8) is 0 Å². The minimum absolute atomic E-state index is 0.314. The molecule has 0 spiro atoms. The zero-order valence-electron chi connectivity index (χ0n) is 11.4. The zero-order valence-corrected chi connectivity index (χ0v) is 12.2. The zero-order chi connectivity index (χ0) is 15.4. The molecule has 0 amide bonds. The number of aromatic nitrogens is 2. The molecule has 0 aliphatic carbocycles. The molecule has 2 heterocycles. The summed E-state index contributed by atoms with van der Waals surface area (Å²) in [6.07, 6.45) is 6.40. The number of carbonyl (C=O) groups excluding carboxylic acids is 1. The molecule has 0 aliphatic rings. The summed E-state index contributed by atoms with van der Waals surface area (Å²) in [4.78, 5) is 20.0. The van der Waals surface area contributed by atoms with Gasteiger partial charge < -0.3 is 4.74 Å². The highest BCUT2D eigenvalue weighted by molar-refractivity contribution is 6.30. The van der Waals surface area contributed by atoms with E-state index in [1.807, 2.05) is 24.3 Å². The molecular weight excluding hydrogens is 300 g/mol. The minimum atomic E-state index is -0.457. The molecular formula is C17H11ClN2O2. The molecule has 4 nitrogen and oxygen atoms in total. The van der Waals surface area contributed by atoms with Gasteiger partial charge in [0.25, 0.3) is 0 Å². The predicted molar refractivity (Wildman–Crippen MR) is 83.9 cm³/mol. The molecule has 0 saturated carbocycles. The fourth-order valence-corrected chi connectivity index (χ4v) is 2.11. The van der Waals surface area contributed by atoms with Gasteiger partial charge in [0.05, 0.1) is 16.8 Å². The van der Waals surface area contributed by atoms with Crippen molar-refractivity contribution in [1.29, 1.82) is 0 Å². The molecule has 108 valence electrons. The van der Waals surface area contributed by atoms with E-state index in [1.54, 1.807) is 24.5 Å². The largest absolute Gasteiger partial charge is 0.421 e. The predicted octanol–water partition coefficient (Wildman–Crippen LogP) is 4.02. The van der Waals surface area contributed by atoms with Crippen molar-refractivity contribution >= 4 is 17.6 Å². The first kappa shape index (κ1) is 14.2. The first-order valence-corrected chi connectivity index (χ1v) is 6.93. The number of esters is 1. The molecule has 0 atom stereocenters. The molecule has 3 aromatic rings. The highest BCUT2D eigenvalue weighted by atomic mass is 35.5. The van der Waals surface area contributed by atoms with Crippen LogP contribution >= 0.6 is 11.6 Å². The molecule has 5 heteroatoms. The van der Waals surface area contributed by atoms with Gasteiger partial charge in [-0.2, -0.15) is 0 Å². The average Bonchev–Trinajstić information content (AvgIpc) is 2.56. The van der Waals surface area contributed by atoms with Crippen molar-refractivity contribution < 1.29 is 9.53 Å². The van der Waals surface area contributed by atoms with Crippen LogP contribution < -0.4 is 4.74 Å². The van der Waals surface area contributed by atoms with E-state index >= 15 is 0 Å². The standard InChI is InChI=1S/C17H11ClN2O2/c18-15-8-16(11-20-10-15)22-17(21)13-5-3-12(4-6-13)14-2-1-7-19-9-14/h1-11H. The van der Waals surface area contributed by atoms with Crippen LogP contribution in [0.5, 0.6) is 5.75 Å². The number of ether oxygens (including phenoxy) is 1. The summed E-state index contributed by atoms with van der Waals surface area (Å²) in [5.74, 6) is -0.143. The maximum atomic E-state index is 12.1. The first-order valence-electron chi connectivity index (χ1n) is 6.55. The van der Waals surface area contributed by atoms with Gasteiger partial charge in [-0.3, -0.25) is 9.97 Å². The number of pyridine rings is 2. The molecule has 0 unspecified atom stereocenters. The maximum Gasteiger partial charge on any atom is 0.343 e. The van der Waals surface area contributed by atoms with Crippen LogP contribution in [-0.4, -0.2) is 15.9 Å². The normalized spacial score (nSPS) is 10.2. The molecule has 0 saturated heterocycles. The summed E-state index contributed by atoms with van der Waals surface area (Å²) in [6, 6.07) is 12.5. The number of hydrogen-bond donors (Lipinski definition) is 0. The highest BCUT2D eigenvalue weighted by Crippen LogP contribution is 2.20. The molecule has 0 bridgehead atoms. The van der Waals surface area contributed by atoms with Gasteiger partial charge in [0.2, 0.25) is 0 Å². The van der Waals surface area contributed by atoms with Crippen molar-refractivity contribution in [3.8, 4) is 16.9 Å². The summed E-state index contributed by atoms with van der Waals surface area (Å²) in [7, 11) is 0. The van der Waals surface area contributed by atoms with Crippen LogP contribution in [0.3, 0.4) is 0 Å². The van der Waals surface area contributed by atoms with Gasteiger partial charge in [-0.1, -0.05) is 29.8 Å². The fraction of sp³-hybridized carbons (Fsp3) is 0. The summed E-state index contributed by atoms with van der Waals surface area (Å²) < 4.78 is 5.23. The quantitative estimate of drug-likeness (QED) is 0.686. The van der Waals surface area contributed by atoms with E-state index in [9.17, 15) is 4.79 Å². The van der Waals surface area contributed by atoms with Gasteiger partial charge in [-0.25, -0.2) is 4.79 Å². The third kappa shape index (κ3) is 3.30. The SMILES string of the molecule is O=C(Oc1cncc(Cl)c1)c1ccc(-c2cccnc2)cc1. The maximum absolute atomic E-state index is 12.1. The van der Waals surface area contributed by atoms with Crippen LogP contribution in [0.25, 0.3) is 11.1 Å². The van der Waals surface area contributed by atoms with E-state index in [0.29, 0.717) is 16.3 Å². The number of benzene rings is 1. The minimum Gasteiger partial charge on any atom is -0.421 e. The molecule has 1 aromatic carbocycles. The van der Waals surface area contributed by atoms with Crippen LogP contribution in [-0.2, 0) is 0 Å². The van der Waals surface area contributed by atoms with E-state index in [1.165, 1.54) is 18.5 Å². The Morgan fingerprint density at radius 2 is 1.77 bits per heavy atom. The lowest BCUT2D eigenvalue weighted by atomic mass is 10.1. The van der Waals surface area contributed by atoms with Crippen molar-refractivity contribution in [3.05, 3.63) is 77.8 Å². The van der Waals surface area contributed by atoms with Crippen LogP contribution in [0.2, 0.25) is 5.02 Å². The Kier molecular flexibility index (Phi) is 4.12. The first-order chi connectivity index (χ1) is 10.7. The molecule has 0 radical (unpaired) electrons. The second-order valence-corrected chi connectivity index (χ2v) is 4.98. The third-order valence-corrected chi connectivity index (χ3v) is 3.21. The molecule has 22 heavy (non-hydrogen) atoms. The molecule has 2 aromatic heterocycles. The van der Waals surface area contributed by atoms with Crippen LogP contribution in [0.1, 0.15) is 10.4 Å². The van der Waals surface area contributed by atoms with Gasteiger partial charge in [-0.15, -0.1) is 0 Å². The van der Waals surface area contributed by atoms with Gasteiger partial charge in [0.15, 0.2) is 5.75 Å². The van der Waals surface area contributed by atoms with Gasteiger partial charge in [-0.05, 0) is 29.3 Å². The van der Waals surface area contributed by atoms with E-state index in [-0.39, 0.29) is 0 Å². The summed E-state index contributed by atoms with van der Waals surface area (Å²) in [6.45, 7) is 0. The molecule has 3 rings (SSSR count). The number of carbonyl (C=O) groups is 1. The smallest absolute Gasteiger partial charge is 0.343 e. The van der Waals surface area contributed by atoms with Crippen LogP contribution in [0.15, 0.2) is 67.3 Å².